The average Bonchev–Trinajstić information content (AvgIpc) is 2.29. The van der Waals surface area contributed by atoms with Gasteiger partial charge in [-0.2, -0.15) is 0 Å². The van der Waals surface area contributed by atoms with Gasteiger partial charge in [-0.1, -0.05) is 13.8 Å². The highest BCUT2D eigenvalue weighted by molar-refractivity contribution is 5.77. The molecule has 1 heterocycles. The van der Waals surface area contributed by atoms with Crippen LogP contribution in [-0.4, -0.2) is 51.0 Å². The zero-order valence-electron chi connectivity index (χ0n) is 10.8. The first-order valence-electron chi connectivity index (χ1n) is 6.36. The highest BCUT2D eigenvalue weighted by atomic mass is 16.5. The van der Waals surface area contributed by atoms with Crippen LogP contribution in [-0.2, 0) is 14.3 Å². The summed E-state index contributed by atoms with van der Waals surface area (Å²) in [7, 11) is 0. The van der Waals surface area contributed by atoms with Crippen LogP contribution in [0.25, 0.3) is 0 Å². The Labute approximate surface area is 103 Å². The number of hydrogen-bond donors (Lipinski definition) is 2. The quantitative estimate of drug-likeness (QED) is 0.632. The molecule has 1 fully saturated rings. The van der Waals surface area contributed by atoms with Crippen molar-refractivity contribution in [2.75, 3.05) is 33.0 Å². The lowest BCUT2D eigenvalue weighted by atomic mass is 10.1. The molecule has 0 atom stereocenters. The van der Waals surface area contributed by atoms with Gasteiger partial charge >= 0.3 is 0 Å². The molecule has 0 bridgehead atoms. The summed E-state index contributed by atoms with van der Waals surface area (Å²) in [5, 5.41) is 6.18. The Hall–Kier alpha value is -0.650. The minimum atomic E-state index is -0.0264. The summed E-state index contributed by atoms with van der Waals surface area (Å²) in [5.74, 6) is -0.0264. The topological polar surface area (TPSA) is 59.6 Å². The van der Waals surface area contributed by atoms with Crippen LogP contribution in [0, 0.1) is 0 Å². The van der Waals surface area contributed by atoms with Crippen LogP contribution in [0.4, 0.5) is 0 Å². The summed E-state index contributed by atoms with van der Waals surface area (Å²) in [5.41, 5.74) is 0. The molecule has 1 rings (SSSR count). The number of rotatable bonds is 7. The summed E-state index contributed by atoms with van der Waals surface area (Å²) in [6.45, 7) is 7.14. The minimum Gasteiger partial charge on any atom is -0.381 e. The van der Waals surface area contributed by atoms with Crippen LogP contribution in [0.1, 0.15) is 26.7 Å². The van der Waals surface area contributed by atoms with Gasteiger partial charge in [0.2, 0.25) is 5.91 Å². The van der Waals surface area contributed by atoms with Crippen molar-refractivity contribution >= 4 is 5.91 Å². The van der Waals surface area contributed by atoms with Crippen molar-refractivity contribution in [2.24, 2.45) is 0 Å². The minimum absolute atomic E-state index is 0.0264. The molecule has 100 valence electrons. The van der Waals surface area contributed by atoms with E-state index in [0.29, 0.717) is 12.6 Å². The second-order valence-corrected chi connectivity index (χ2v) is 4.62. The van der Waals surface area contributed by atoms with E-state index in [4.69, 9.17) is 9.47 Å². The van der Waals surface area contributed by atoms with E-state index in [9.17, 15) is 4.79 Å². The van der Waals surface area contributed by atoms with Gasteiger partial charge in [-0.15, -0.1) is 0 Å². The normalized spacial score (nSPS) is 17.4. The first-order chi connectivity index (χ1) is 8.18. The van der Waals surface area contributed by atoms with E-state index < -0.39 is 0 Å². The van der Waals surface area contributed by atoms with Gasteiger partial charge in [-0.05, 0) is 12.8 Å². The lowest BCUT2D eigenvalue weighted by Gasteiger charge is -2.23. The Balaban J connectivity index is 1.97. The maximum absolute atomic E-state index is 11.5. The monoisotopic (exact) mass is 244 g/mol. The summed E-state index contributed by atoms with van der Waals surface area (Å²) in [6.07, 6.45) is 1.81. The fourth-order valence-electron chi connectivity index (χ4n) is 1.70. The van der Waals surface area contributed by atoms with Gasteiger partial charge in [0.05, 0.1) is 6.61 Å². The number of amides is 1. The molecule has 0 aromatic carbocycles. The predicted molar refractivity (Wildman–Crippen MR) is 65.9 cm³/mol. The van der Waals surface area contributed by atoms with E-state index in [2.05, 4.69) is 24.5 Å². The van der Waals surface area contributed by atoms with E-state index in [1.54, 1.807) is 0 Å². The lowest BCUT2D eigenvalue weighted by molar-refractivity contribution is -0.126. The molecular formula is C12H24N2O3. The largest absolute Gasteiger partial charge is 0.381 e. The van der Waals surface area contributed by atoms with Crippen molar-refractivity contribution in [3.63, 3.8) is 0 Å². The molecule has 5 nitrogen and oxygen atoms in total. The number of carbonyl (C=O) groups is 1. The van der Waals surface area contributed by atoms with Crippen LogP contribution in [0.3, 0.4) is 0 Å². The van der Waals surface area contributed by atoms with Gasteiger partial charge < -0.3 is 20.1 Å². The second-order valence-electron chi connectivity index (χ2n) is 4.62. The second kappa shape index (κ2) is 8.44. The third-order valence-electron chi connectivity index (χ3n) is 2.62. The highest BCUT2D eigenvalue weighted by Gasteiger charge is 2.15. The van der Waals surface area contributed by atoms with Crippen LogP contribution >= 0.6 is 0 Å². The van der Waals surface area contributed by atoms with Gasteiger partial charge in [0.25, 0.3) is 0 Å². The van der Waals surface area contributed by atoms with Crippen molar-refractivity contribution < 1.29 is 14.3 Å². The van der Waals surface area contributed by atoms with Crippen LogP contribution < -0.4 is 10.6 Å². The average molecular weight is 244 g/mol. The van der Waals surface area contributed by atoms with Gasteiger partial charge in [0.15, 0.2) is 0 Å². The van der Waals surface area contributed by atoms with Crippen molar-refractivity contribution in [1.29, 1.82) is 0 Å². The molecule has 1 amide bonds. The number of carbonyl (C=O) groups excluding carboxylic acids is 1. The van der Waals surface area contributed by atoms with E-state index in [-0.39, 0.29) is 18.6 Å². The Kier molecular flexibility index (Phi) is 7.16. The molecule has 17 heavy (non-hydrogen) atoms. The maximum Gasteiger partial charge on any atom is 0.246 e. The molecule has 0 saturated carbocycles. The fourth-order valence-corrected chi connectivity index (χ4v) is 1.70. The molecule has 5 heteroatoms. The molecule has 1 saturated heterocycles. The van der Waals surface area contributed by atoms with E-state index in [1.165, 1.54) is 0 Å². The predicted octanol–water partition coefficient (Wildman–Crippen LogP) is 0.296. The van der Waals surface area contributed by atoms with Crippen LogP contribution in [0.2, 0.25) is 0 Å². The third kappa shape index (κ3) is 7.31. The molecule has 2 N–H and O–H groups in total. The zero-order chi connectivity index (χ0) is 12.5. The first kappa shape index (κ1) is 14.4. The van der Waals surface area contributed by atoms with Crippen molar-refractivity contribution in [2.45, 2.75) is 38.8 Å². The summed E-state index contributed by atoms with van der Waals surface area (Å²) in [6, 6.07) is 0.711. The van der Waals surface area contributed by atoms with Crippen molar-refractivity contribution in [3.05, 3.63) is 0 Å². The molecular weight excluding hydrogens is 220 g/mol. The summed E-state index contributed by atoms with van der Waals surface area (Å²) < 4.78 is 10.5. The van der Waals surface area contributed by atoms with Crippen LogP contribution in [0.5, 0.6) is 0 Å². The Morgan fingerprint density at radius 2 is 2.12 bits per heavy atom. The maximum atomic E-state index is 11.5. The smallest absolute Gasteiger partial charge is 0.246 e. The number of ether oxygens (including phenoxy) is 2. The summed E-state index contributed by atoms with van der Waals surface area (Å²) in [4.78, 5) is 11.5. The first-order valence-corrected chi connectivity index (χ1v) is 6.36. The van der Waals surface area contributed by atoms with Gasteiger partial charge in [0, 0.05) is 31.8 Å². The van der Waals surface area contributed by atoms with Gasteiger partial charge in [-0.25, -0.2) is 0 Å². The number of hydrogen-bond acceptors (Lipinski definition) is 4. The molecule has 0 aromatic heterocycles. The fraction of sp³-hybridized carbons (Fsp3) is 0.917. The van der Waals surface area contributed by atoms with Gasteiger partial charge in [0.1, 0.15) is 6.61 Å². The lowest BCUT2D eigenvalue weighted by Crippen LogP contribution is -2.41. The Morgan fingerprint density at radius 3 is 2.76 bits per heavy atom. The van der Waals surface area contributed by atoms with Crippen molar-refractivity contribution in [3.8, 4) is 0 Å². The zero-order valence-corrected chi connectivity index (χ0v) is 10.8. The SMILES string of the molecule is CC(C)NCCOCC(=O)NC1CCOCC1. The Morgan fingerprint density at radius 1 is 1.41 bits per heavy atom. The van der Waals surface area contributed by atoms with E-state index >= 15 is 0 Å². The third-order valence-corrected chi connectivity index (χ3v) is 2.62. The van der Waals surface area contributed by atoms with E-state index in [1.807, 2.05) is 0 Å². The molecule has 0 aromatic rings. The summed E-state index contributed by atoms with van der Waals surface area (Å²) >= 11 is 0. The number of nitrogens with one attached hydrogen (secondary N) is 2. The van der Waals surface area contributed by atoms with Crippen LogP contribution in [0.15, 0.2) is 0 Å². The molecule has 1 aliphatic heterocycles. The molecule has 0 aliphatic carbocycles. The Bertz CT molecular complexity index is 216. The molecule has 0 unspecified atom stereocenters. The van der Waals surface area contributed by atoms with Crippen molar-refractivity contribution in [1.82, 2.24) is 10.6 Å². The van der Waals surface area contributed by atoms with Gasteiger partial charge in [-0.3, -0.25) is 4.79 Å². The molecule has 0 radical (unpaired) electrons. The molecule has 0 spiro atoms. The highest BCUT2D eigenvalue weighted by Crippen LogP contribution is 2.05. The molecule has 1 aliphatic rings. The standard InChI is InChI=1S/C12H24N2O3/c1-10(2)13-5-8-17-9-12(15)14-11-3-6-16-7-4-11/h10-11,13H,3-9H2,1-2H3,(H,14,15). The van der Waals surface area contributed by atoms with E-state index in [0.717, 1.165) is 32.6 Å².